The number of nitrogens with one attached hydrogen (secondary N) is 1. The number of halogens is 2. The summed E-state index contributed by atoms with van der Waals surface area (Å²) in [6.45, 7) is 4.59. The molecular weight excluding hydrogens is 402 g/mol. The summed E-state index contributed by atoms with van der Waals surface area (Å²) in [5.74, 6) is -0.876. The maximum Gasteiger partial charge on any atom is 0.256 e. The van der Waals surface area contributed by atoms with Crippen LogP contribution in [0.4, 0.5) is 8.78 Å². The smallest absolute Gasteiger partial charge is 0.256 e. The van der Waals surface area contributed by atoms with Crippen molar-refractivity contribution in [1.29, 1.82) is 0 Å². The maximum absolute atomic E-state index is 14.1. The number of hydrogen-bond donors (Lipinski definition) is 1. The number of fused-ring (bicyclic) bond motifs is 1. The topological polar surface area (TPSA) is 69.3 Å². The highest BCUT2D eigenvalue weighted by Crippen LogP contribution is 2.27. The van der Waals surface area contributed by atoms with Crippen LogP contribution in [-0.2, 0) is 24.3 Å². The van der Waals surface area contributed by atoms with Crippen LogP contribution in [0.25, 0.3) is 0 Å². The largest absolute Gasteiger partial charge is 0.338 e. The molecule has 3 heterocycles. The van der Waals surface area contributed by atoms with Crippen molar-refractivity contribution in [2.75, 3.05) is 19.6 Å². The Morgan fingerprint density at radius 2 is 2.13 bits per heavy atom. The van der Waals surface area contributed by atoms with Crippen LogP contribution >= 0.6 is 0 Å². The number of aromatic amines is 1. The molecule has 0 aliphatic carbocycles. The molecular formula is C23H28F2N4O2. The Labute approximate surface area is 180 Å². The molecule has 0 radical (unpaired) electrons. The fraction of sp³-hybridized carbons (Fsp3) is 0.522. The number of H-pyrrole nitrogens is 1. The van der Waals surface area contributed by atoms with Crippen molar-refractivity contribution in [3.63, 3.8) is 0 Å². The molecule has 0 unspecified atom stereocenters. The Morgan fingerprint density at radius 1 is 1.29 bits per heavy atom. The van der Waals surface area contributed by atoms with Crippen molar-refractivity contribution in [3.05, 3.63) is 62.8 Å². The molecule has 2 aliphatic rings. The lowest BCUT2D eigenvalue weighted by molar-refractivity contribution is -0.132. The first-order chi connectivity index (χ1) is 15.0. The van der Waals surface area contributed by atoms with Gasteiger partial charge in [0.25, 0.3) is 5.56 Å². The fourth-order valence-corrected chi connectivity index (χ4v) is 4.56. The van der Waals surface area contributed by atoms with E-state index in [9.17, 15) is 18.4 Å². The van der Waals surface area contributed by atoms with Gasteiger partial charge in [0, 0.05) is 44.0 Å². The normalized spacial score (nSPS) is 19.3. The minimum atomic E-state index is -0.835. The summed E-state index contributed by atoms with van der Waals surface area (Å²) in [5.41, 5.74) is 1.51. The summed E-state index contributed by atoms with van der Waals surface area (Å²) in [5, 5.41) is 0. The van der Waals surface area contributed by atoms with Crippen molar-refractivity contribution in [1.82, 2.24) is 19.8 Å². The number of piperidine rings is 1. The lowest BCUT2D eigenvalue weighted by atomic mass is 9.96. The second-order valence-corrected chi connectivity index (χ2v) is 8.48. The first kappa shape index (κ1) is 21.6. The number of amides is 1. The standard InChI is InChI=1S/C23H28F2N4O2/c1-2-5-20(30)29-11-9-19-17(14-29)23(31)27-22(26-19)16-7-4-10-28(13-16)12-15-6-3-8-18(24)21(15)25/h3,6,8,16H,2,4-5,7,9-14H2,1H3,(H,26,27,31)/t16-/m0/s1. The van der Waals surface area contributed by atoms with Gasteiger partial charge < -0.3 is 9.88 Å². The number of carbonyl (C=O) groups excluding carboxylic acids is 1. The molecule has 1 aromatic carbocycles. The quantitative estimate of drug-likeness (QED) is 0.792. The molecule has 1 fully saturated rings. The summed E-state index contributed by atoms with van der Waals surface area (Å²) in [4.78, 5) is 36.5. The number of rotatable bonds is 5. The van der Waals surface area contributed by atoms with Crippen LogP contribution in [0.2, 0.25) is 0 Å². The predicted octanol–water partition coefficient (Wildman–Crippen LogP) is 3.11. The Hall–Kier alpha value is -2.61. The Balaban J connectivity index is 1.49. The Bertz CT molecular complexity index is 1020. The van der Waals surface area contributed by atoms with Crippen molar-refractivity contribution < 1.29 is 13.6 Å². The second kappa shape index (κ2) is 9.26. The minimum Gasteiger partial charge on any atom is -0.338 e. The highest BCUT2D eigenvalue weighted by molar-refractivity contribution is 5.76. The molecule has 2 aromatic rings. The van der Waals surface area contributed by atoms with Crippen LogP contribution in [0.1, 0.15) is 61.2 Å². The second-order valence-electron chi connectivity index (χ2n) is 8.48. The van der Waals surface area contributed by atoms with Crippen LogP contribution in [0.15, 0.2) is 23.0 Å². The van der Waals surface area contributed by atoms with Gasteiger partial charge in [0.15, 0.2) is 11.6 Å². The molecule has 8 heteroatoms. The number of nitrogens with zero attached hydrogens (tertiary/aromatic N) is 3. The number of carbonyl (C=O) groups is 1. The van der Waals surface area contributed by atoms with Gasteiger partial charge in [-0.2, -0.15) is 0 Å². The third kappa shape index (κ3) is 4.69. The minimum absolute atomic E-state index is 0.0307. The lowest BCUT2D eigenvalue weighted by Gasteiger charge is -2.33. The molecule has 166 valence electrons. The van der Waals surface area contributed by atoms with Gasteiger partial charge in [0.05, 0.1) is 17.8 Å². The van der Waals surface area contributed by atoms with Gasteiger partial charge >= 0.3 is 0 Å². The third-order valence-electron chi connectivity index (χ3n) is 6.22. The molecule has 0 bridgehead atoms. The molecule has 0 spiro atoms. The van der Waals surface area contributed by atoms with Crippen LogP contribution in [0.3, 0.4) is 0 Å². The molecule has 4 rings (SSSR count). The first-order valence-electron chi connectivity index (χ1n) is 11.0. The Morgan fingerprint density at radius 3 is 2.94 bits per heavy atom. The van der Waals surface area contributed by atoms with E-state index in [-0.39, 0.29) is 17.4 Å². The molecule has 1 N–H and O–H groups in total. The van der Waals surface area contributed by atoms with Gasteiger partial charge in [-0.15, -0.1) is 0 Å². The molecule has 2 aliphatic heterocycles. The molecule has 1 atom stereocenters. The molecule has 1 amide bonds. The molecule has 1 saturated heterocycles. The van der Waals surface area contributed by atoms with Crippen LogP contribution in [0, 0.1) is 11.6 Å². The van der Waals surface area contributed by atoms with Crippen LogP contribution < -0.4 is 5.56 Å². The van der Waals surface area contributed by atoms with E-state index in [2.05, 4.69) is 9.88 Å². The van der Waals surface area contributed by atoms with Crippen molar-refractivity contribution in [2.24, 2.45) is 0 Å². The van der Waals surface area contributed by atoms with E-state index in [0.717, 1.165) is 37.6 Å². The number of benzene rings is 1. The summed E-state index contributed by atoms with van der Waals surface area (Å²) in [6.07, 6.45) is 3.62. The van der Waals surface area contributed by atoms with E-state index < -0.39 is 11.6 Å². The van der Waals surface area contributed by atoms with Crippen LogP contribution in [-0.4, -0.2) is 45.3 Å². The van der Waals surface area contributed by atoms with Gasteiger partial charge in [-0.25, -0.2) is 13.8 Å². The van der Waals surface area contributed by atoms with E-state index in [0.29, 0.717) is 56.0 Å². The van der Waals surface area contributed by atoms with Gasteiger partial charge in [-0.05, 0) is 31.9 Å². The number of aromatic nitrogens is 2. The maximum atomic E-state index is 14.1. The zero-order valence-corrected chi connectivity index (χ0v) is 17.8. The summed E-state index contributed by atoms with van der Waals surface area (Å²) in [7, 11) is 0. The van der Waals surface area contributed by atoms with E-state index in [1.165, 1.54) is 6.07 Å². The first-order valence-corrected chi connectivity index (χ1v) is 11.0. The SMILES string of the molecule is CCCC(=O)N1CCc2nc([C@H]3CCCN(Cc4cccc(F)c4F)C3)[nH]c(=O)c2C1. The van der Waals surface area contributed by atoms with E-state index >= 15 is 0 Å². The third-order valence-corrected chi connectivity index (χ3v) is 6.22. The molecule has 31 heavy (non-hydrogen) atoms. The zero-order valence-electron chi connectivity index (χ0n) is 17.8. The summed E-state index contributed by atoms with van der Waals surface area (Å²) >= 11 is 0. The number of hydrogen-bond acceptors (Lipinski definition) is 4. The van der Waals surface area contributed by atoms with Crippen molar-refractivity contribution in [3.8, 4) is 0 Å². The van der Waals surface area contributed by atoms with Gasteiger partial charge in [0.2, 0.25) is 5.91 Å². The van der Waals surface area contributed by atoms with E-state index in [4.69, 9.17) is 4.98 Å². The lowest BCUT2D eigenvalue weighted by Crippen LogP contribution is -2.40. The monoisotopic (exact) mass is 430 g/mol. The summed E-state index contributed by atoms with van der Waals surface area (Å²) in [6, 6.07) is 4.25. The van der Waals surface area contributed by atoms with Gasteiger partial charge in [-0.3, -0.25) is 14.5 Å². The fourth-order valence-electron chi connectivity index (χ4n) is 4.56. The predicted molar refractivity (Wildman–Crippen MR) is 112 cm³/mol. The molecule has 1 aromatic heterocycles. The number of likely N-dealkylation sites (tertiary alicyclic amines) is 1. The molecule has 6 nitrogen and oxygen atoms in total. The van der Waals surface area contributed by atoms with E-state index in [1.807, 2.05) is 6.92 Å². The highest BCUT2D eigenvalue weighted by Gasteiger charge is 2.28. The van der Waals surface area contributed by atoms with Crippen LogP contribution in [0.5, 0.6) is 0 Å². The van der Waals surface area contributed by atoms with Crippen molar-refractivity contribution in [2.45, 2.75) is 58.0 Å². The van der Waals surface area contributed by atoms with Gasteiger partial charge in [-0.1, -0.05) is 19.1 Å². The zero-order chi connectivity index (χ0) is 22.0. The molecule has 0 saturated carbocycles. The highest BCUT2D eigenvalue weighted by atomic mass is 19.2. The Kier molecular flexibility index (Phi) is 6.46. The average Bonchev–Trinajstić information content (AvgIpc) is 2.77. The van der Waals surface area contributed by atoms with Gasteiger partial charge in [0.1, 0.15) is 5.82 Å². The van der Waals surface area contributed by atoms with E-state index in [1.54, 1.807) is 11.0 Å². The van der Waals surface area contributed by atoms with Crippen molar-refractivity contribution >= 4 is 5.91 Å². The average molecular weight is 430 g/mol. The summed E-state index contributed by atoms with van der Waals surface area (Å²) < 4.78 is 27.6.